The first-order valence-electron chi connectivity index (χ1n) is 5.22. The van der Waals surface area contributed by atoms with E-state index in [1.807, 2.05) is 0 Å². The summed E-state index contributed by atoms with van der Waals surface area (Å²) in [6, 6.07) is 6.46. The third-order valence-electron chi connectivity index (χ3n) is 2.38. The first-order chi connectivity index (χ1) is 8.97. The van der Waals surface area contributed by atoms with Gasteiger partial charge in [-0.15, -0.1) is 0 Å². The molecular weight excluding hydrogens is 276 g/mol. The van der Waals surface area contributed by atoms with Crippen LogP contribution in [0.4, 0.5) is 14.5 Å². The normalized spacial score (nSPS) is 10.3. The number of hydrogen-bond donors (Lipinski definition) is 2. The number of benzene rings is 2. The lowest BCUT2D eigenvalue weighted by Gasteiger charge is -2.08. The Bertz CT molecular complexity index is 647. The smallest absolute Gasteiger partial charge is 0.259 e. The van der Waals surface area contributed by atoms with Crippen molar-refractivity contribution in [2.75, 3.05) is 5.32 Å². The van der Waals surface area contributed by atoms with Gasteiger partial charge in [-0.1, -0.05) is 11.6 Å². The average Bonchev–Trinajstić information content (AvgIpc) is 2.32. The van der Waals surface area contributed by atoms with Crippen molar-refractivity contribution in [1.29, 1.82) is 0 Å². The molecular formula is C13H8ClF2NO2. The second-order valence-corrected chi connectivity index (χ2v) is 4.15. The quantitative estimate of drug-likeness (QED) is 0.885. The Morgan fingerprint density at radius 2 is 1.74 bits per heavy atom. The van der Waals surface area contributed by atoms with Crippen molar-refractivity contribution in [1.82, 2.24) is 0 Å². The summed E-state index contributed by atoms with van der Waals surface area (Å²) in [5.41, 5.74) is 0.0820. The average molecular weight is 284 g/mol. The molecule has 3 nitrogen and oxygen atoms in total. The summed E-state index contributed by atoms with van der Waals surface area (Å²) in [5.74, 6) is -2.36. The van der Waals surface area contributed by atoms with E-state index in [4.69, 9.17) is 11.6 Å². The van der Waals surface area contributed by atoms with Gasteiger partial charge < -0.3 is 10.4 Å². The van der Waals surface area contributed by atoms with Crippen LogP contribution in [0, 0.1) is 11.6 Å². The molecule has 19 heavy (non-hydrogen) atoms. The van der Waals surface area contributed by atoms with Crippen molar-refractivity contribution in [3.63, 3.8) is 0 Å². The van der Waals surface area contributed by atoms with E-state index in [2.05, 4.69) is 5.32 Å². The van der Waals surface area contributed by atoms with Crippen molar-refractivity contribution < 1.29 is 18.7 Å². The van der Waals surface area contributed by atoms with E-state index in [0.717, 1.165) is 30.3 Å². The molecule has 0 fully saturated rings. The number of nitrogens with one attached hydrogen (secondary N) is 1. The van der Waals surface area contributed by atoms with Crippen LogP contribution in [0.25, 0.3) is 0 Å². The lowest BCUT2D eigenvalue weighted by atomic mass is 10.1. The van der Waals surface area contributed by atoms with Crippen LogP contribution in [-0.2, 0) is 0 Å². The second-order valence-electron chi connectivity index (χ2n) is 3.74. The van der Waals surface area contributed by atoms with Crippen LogP contribution >= 0.6 is 11.6 Å². The fourth-order valence-electron chi connectivity index (χ4n) is 1.48. The fraction of sp³-hybridized carbons (Fsp3) is 0. The fourth-order valence-corrected chi connectivity index (χ4v) is 1.69. The molecule has 98 valence electrons. The monoisotopic (exact) mass is 283 g/mol. The summed E-state index contributed by atoms with van der Waals surface area (Å²) in [6.45, 7) is 0. The van der Waals surface area contributed by atoms with Crippen molar-refractivity contribution in [3.05, 3.63) is 58.6 Å². The lowest BCUT2D eigenvalue weighted by molar-refractivity contribution is 0.102. The summed E-state index contributed by atoms with van der Waals surface area (Å²) >= 11 is 5.75. The highest BCUT2D eigenvalue weighted by atomic mass is 35.5. The highest BCUT2D eigenvalue weighted by molar-refractivity contribution is 6.34. The molecule has 0 aliphatic rings. The first-order valence-corrected chi connectivity index (χ1v) is 5.60. The molecule has 0 atom stereocenters. The second kappa shape index (κ2) is 5.24. The van der Waals surface area contributed by atoms with Gasteiger partial charge in [0.2, 0.25) is 0 Å². The largest absolute Gasteiger partial charge is 0.507 e. The van der Waals surface area contributed by atoms with Gasteiger partial charge in [0.05, 0.1) is 16.3 Å². The molecule has 0 saturated carbocycles. The predicted molar refractivity (Wildman–Crippen MR) is 67.4 cm³/mol. The topological polar surface area (TPSA) is 49.3 Å². The maximum absolute atomic E-state index is 12.8. The zero-order chi connectivity index (χ0) is 14.0. The highest BCUT2D eigenvalue weighted by Crippen LogP contribution is 2.25. The summed E-state index contributed by atoms with van der Waals surface area (Å²) < 4.78 is 25.6. The van der Waals surface area contributed by atoms with E-state index in [9.17, 15) is 18.7 Å². The Balaban J connectivity index is 2.25. The number of hydrogen-bond acceptors (Lipinski definition) is 2. The molecule has 6 heteroatoms. The molecule has 0 radical (unpaired) electrons. The van der Waals surface area contributed by atoms with Crippen molar-refractivity contribution in [2.24, 2.45) is 0 Å². The third kappa shape index (κ3) is 3.00. The van der Waals surface area contributed by atoms with Crippen LogP contribution in [0.1, 0.15) is 10.4 Å². The van der Waals surface area contributed by atoms with E-state index < -0.39 is 23.3 Å². The van der Waals surface area contributed by atoms with Gasteiger partial charge in [0.1, 0.15) is 17.4 Å². The van der Waals surface area contributed by atoms with E-state index in [1.54, 1.807) is 0 Å². The predicted octanol–water partition coefficient (Wildman–Crippen LogP) is 3.58. The summed E-state index contributed by atoms with van der Waals surface area (Å²) in [6.07, 6.45) is 0. The number of anilines is 1. The van der Waals surface area contributed by atoms with Gasteiger partial charge in [-0.2, -0.15) is 0 Å². The Labute approximate surface area is 112 Å². The van der Waals surface area contributed by atoms with Gasteiger partial charge in [0.25, 0.3) is 5.91 Å². The molecule has 0 spiro atoms. The Morgan fingerprint density at radius 1 is 1.11 bits per heavy atom. The summed E-state index contributed by atoms with van der Waals surface area (Å²) in [7, 11) is 0. The minimum absolute atomic E-state index is 0.0231. The Kier molecular flexibility index (Phi) is 3.66. The minimum Gasteiger partial charge on any atom is -0.507 e. The maximum atomic E-state index is 12.8. The molecule has 0 saturated heterocycles. The molecule has 0 unspecified atom stereocenters. The Morgan fingerprint density at radius 3 is 2.37 bits per heavy atom. The summed E-state index contributed by atoms with van der Waals surface area (Å²) in [5, 5.41) is 11.9. The number of phenolic OH excluding ortho intramolecular Hbond substituents is 1. The van der Waals surface area contributed by atoms with Crippen LogP contribution in [0.3, 0.4) is 0 Å². The van der Waals surface area contributed by atoms with Crippen molar-refractivity contribution in [2.45, 2.75) is 0 Å². The van der Waals surface area contributed by atoms with Crippen LogP contribution < -0.4 is 5.32 Å². The Hall–Kier alpha value is -2.14. The van der Waals surface area contributed by atoms with Gasteiger partial charge in [-0.05, 0) is 30.3 Å². The SMILES string of the molecule is O=C(Nc1ccc(F)cc1Cl)c1ccc(F)cc1O. The standard InChI is InChI=1S/C13H8ClF2NO2/c14-10-5-7(15)2-4-11(10)17-13(19)9-3-1-8(16)6-12(9)18/h1-6,18H,(H,17,19). The number of carbonyl (C=O) groups excluding carboxylic acids is 1. The summed E-state index contributed by atoms with van der Waals surface area (Å²) in [4.78, 5) is 11.8. The maximum Gasteiger partial charge on any atom is 0.259 e. The molecule has 2 aromatic carbocycles. The molecule has 0 aliphatic carbocycles. The van der Waals surface area contributed by atoms with E-state index >= 15 is 0 Å². The molecule has 0 aliphatic heterocycles. The number of rotatable bonds is 2. The highest BCUT2D eigenvalue weighted by Gasteiger charge is 2.13. The van der Waals surface area contributed by atoms with Crippen molar-refractivity contribution in [3.8, 4) is 5.75 Å². The van der Waals surface area contributed by atoms with Crippen LogP contribution in [-0.4, -0.2) is 11.0 Å². The van der Waals surface area contributed by atoms with Gasteiger partial charge in [-0.25, -0.2) is 8.78 Å². The number of aromatic hydroxyl groups is 1. The van der Waals surface area contributed by atoms with Crippen molar-refractivity contribution >= 4 is 23.2 Å². The molecule has 0 aromatic heterocycles. The molecule has 0 heterocycles. The van der Waals surface area contributed by atoms with Gasteiger partial charge in [0, 0.05) is 6.07 Å². The van der Waals surface area contributed by atoms with Gasteiger partial charge in [0.15, 0.2) is 0 Å². The third-order valence-corrected chi connectivity index (χ3v) is 2.70. The van der Waals surface area contributed by atoms with Crippen LogP contribution in [0.2, 0.25) is 5.02 Å². The van der Waals surface area contributed by atoms with E-state index in [0.29, 0.717) is 0 Å². The number of phenols is 1. The van der Waals surface area contributed by atoms with Crippen LogP contribution in [0.15, 0.2) is 36.4 Å². The zero-order valence-corrected chi connectivity index (χ0v) is 10.2. The van der Waals surface area contributed by atoms with Gasteiger partial charge >= 0.3 is 0 Å². The van der Waals surface area contributed by atoms with Crippen LogP contribution in [0.5, 0.6) is 5.75 Å². The van der Waals surface area contributed by atoms with Gasteiger partial charge in [-0.3, -0.25) is 4.79 Å². The molecule has 1 amide bonds. The number of amides is 1. The molecule has 2 N–H and O–H groups in total. The zero-order valence-electron chi connectivity index (χ0n) is 9.45. The van der Waals surface area contributed by atoms with E-state index in [1.165, 1.54) is 6.07 Å². The number of carbonyl (C=O) groups is 1. The molecule has 0 bridgehead atoms. The minimum atomic E-state index is -0.675. The molecule has 2 rings (SSSR count). The van der Waals surface area contributed by atoms with E-state index in [-0.39, 0.29) is 16.3 Å². The molecule has 2 aromatic rings. The lowest BCUT2D eigenvalue weighted by Crippen LogP contribution is -2.12. The first kappa shape index (κ1) is 13.3. The number of halogens is 3.